The maximum atomic E-state index is 12.5. The molecule has 3 aromatic rings. The van der Waals surface area contributed by atoms with Crippen molar-refractivity contribution in [2.75, 3.05) is 19.9 Å². The summed E-state index contributed by atoms with van der Waals surface area (Å²) in [5, 5.41) is 8.35. The van der Waals surface area contributed by atoms with Crippen molar-refractivity contribution >= 4 is 5.91 Å². The molecule has 2 aromatic carbocycles. The van der Waals surface area contributed by atoms with Crippen molar-refractivity contribution in [1.29, 1.82) is 0 Å². The van der Waals surface area contributed by atoms with E-state index in [1.807, 2.05) is 64.3 Å². The van der Waals surface area contributed by atoms with E-state index in [4.69, 9.17) is 14.2 Å². The van der Waals surface area contributed by atoms with Gasteiger partial charge >= 0.3 is 0 Å². The van der Waals surface area contributed by atoms with E-state index in [9.17, 15) is 4.79 Å². The Morgan fingerprint density at radius 1 is 1.10 bits per heavy atom. The number of hydrogen-bond donors (Lipinski definition) is 0. The number of hydrogen-bond acceptors (Lipinski definition) is 6. The highest BCUT2D eigenvalue weighted by molar-refractivity contribution is 5.79. The average molecular weight is 392 g/mol. The summed E-state index contributed by atoms with van der Waals surface area (Å²) in [4.78, 5) is 14.4. The van der Waals surface area contributed by atoms with Gasteiger partial charge in [0.05, 0.1) is 18.7 Å². The van der Waals surface area contributed by atoms with Gasteiger partial charge < -0.3 is 19.1 Å². The van der Waals surface area contributed by atoms with Gasteiger partial charge in [0.25, 0.3) is 0 Å². The van der Waals surface area contributed by atoms with Gasteiger partial charge in [-0.25, -0.2) is 4.68 Å². The third kappa shape index (κ3) is 3.73. The minimum absolute atomic E-state index is 0.0906. The first-order chi connectivity index (χ1) is 14.2. The normalized spacial score (nSPS) is 15.2. The predicted octanol–water partition coefficient (Wildman–Crippen LogP) is 2.21. The number of amides is 1. The van der Waals surface area contributed by atoms with E-state index < -0.39 is 0 Å². The zero-order valence-corrected chi connectivity index (χ0v) is 15.7. The number of para-hydroxylation sites is 1. The van der Waals surface area contributed by atoms with Crippen molar-refractivity contribution in [2.24, 2.45) is 0 Å². The quantitative estimate of drug-likeness (QED) is 0.640. The van der Waals surface area contributed by atoms with E-state index in [1.165, 1.54) is 0 Å². The summed E-state index contributed by atoms with van der Waals surface area (Å²) >= 11 is 0. The van der Waals surface area contributed by atoms with Crippen molar-refractivity contribution in [2.45, 2.75) is 19.1 Å². The lowest BCUT2D eigenvalue weighted by Gasteiger charge is -2.39. The molecule has 8 heteroatoms. The molecule has 148 valence electrons. The molecule has 0 bridgehead atoms. The molecule has 0 unspecified atom stereocenters. The van der Waals surface area contributed by atoms with Crippen LogP contribution in [0.5, 0.6) is 17.2 Å². The Bertz CT molecular complexity index is 1010. The maximum Gasteiger partial charge on any atom is 0.231 e. The fraction of sp³-hybridized carbons (Fsp3) is 0.286. The Labute approximate surface area is 167 Å². The smallest absolute Gasteiger partial charge is 0.231 e. The zero-order chi connectivity index (χ0) is 19.6. The van der Waals surface area contributed by atoms with E-state index >= 15 is 0 Å². The molecule has 1 fully saturated rings. The molecule has 2 aliphatic heterocycles. The first-order valence-electron chi connectivity index (χ1n) is 9.49. The minimum Gasteiger partial charge on any atom is -0.487 e. The third-order valence-electron chi connectivity index (χ3n) is 5.07. The van der Waals surface area contributed by atoms with Gasteiger partial charge in [0, 0.05) is 13.1 Å². The second kappa shape index (κ2) is 7.46. The van der Waals surface area contributed by atoms with Gasteiger partial charge in [-0.3, -0.25) is 4.79 Å². The Kier molecular flexibility index (Phi) is 4.51. The molecule has 29 heavy (non-hydrogen) atoms. The molecule has 0 atom stereocenters. The average Bonchev–Trinajstić information content (AvgIpc) is 3.35. The Hall–Kier alpha value is -3.55. The lowest BCUT2D eigenvalue weighted by atomic mass is 10.1. The number of likely N-dealkylation sites (tertiary alicyclic amines) is 1. The van der Waals surface area contributed by atoms with Crippen molar-refractivity contribution in [3.8, 4) is 17.2 Å². The molecular formula is C21H20N4O4. The van der Waals surface area contributed by atoms with Gasteiger partial charge in [-0.15, -0.1) is 5.10 Å². The summed E-state index contributed by atoms with van der Waals surface area (Å²) in [6.07, 6.45) is 2.23. The predicted molar refractivity (Wildman–Crippen MR) is 103 cm³/mol. The number of rotatable bonds is 6. The van der Waals surface area contributed by atoms with Crippen molar-refractivity contribution in [3.63, 3.8) is 0 Å². The fourth-order valence-electron chi connectivity index (χ4n) is 3.40. The Morgan fingerprint density at radius 2 is 1.93 bits per heavy atom. The Morgan fingerprint density at radius 3 is 2.79 bits per heavy atom. The van der Waals surface area contributed by atoms with Crippen LogP contribution in [0.3, 0.4) is 0 Å². The number of benzene rings is 2. The van der Waals surface area contributed by atoms with E-state index in [-0.39, 0.29) is 18.7 Å². The molecule has 5 rings (SSSR count). The number of aromatic nitrogens is 3. The molecule has 2 aliphatic rings. The molecule has 0 radical (unpaired) electrons. The second-order valence-corrected chi connectivity index (χ2v) is 7.11. The number of carbonyl (C=O) groups is 1. The highest BCUT2D eigenvalue weighted by Crippen LogP contribution is 2.33. The standard InChI is InChI=1S/C21H20N4O4/c26-21(9-15-6-7-19-20(8-15)29-14-28-19)24-11-17(12-24)25-10-16(22-23-25)13-27-18-4-2-1-3-5-18/h1-8,10,17H,9,11-14H2. The number of fused-ring (bicyclic) bond motifs is 1. The molecule has 8 nitrogen and oxygen atoms in total. The van der Waals surface area contributed by atoms with Crippen LogP contribution in [0.25, 0.3) is 0 Å². The molecule has 1 saturated heterocycles. The van der Waals surface area contributed by atoms with Crippen molar-refractivity contribution < 1.29 is 19.0 Å². The van der Waals surface area contributed by atoms with Gasteiger partial charge in [0.2, 0.25) is 12.7 Å². The lowest BCUT2D eigenvalue weighted by Crippen LogP contribution is -2.51. The van der Waals surface area contributed by atoms with Gasteiger partial charge in [0.1, 0.15) is 18.1 Å². The first kappa shape index (κ1) is 17.5. The summed E-state index contributed by atoms with van der Waals surface area (Å²) in [5.74, 6) is 2.31. The van der Waals surface area contributed by atoms with Crippen LogP contribution in [-0.4, -0.2) is 45.7 Å². The maximum absolute atomic E-state index is 12.5. The summed E-state index contributed by atoms with van der Waals surface area (Å²) in [5.41, 5.74) is 1.68. The molecule has 1 amide bonds. The molecule has 0 spiro atoms. The number of carbonyl (C=O) groups excluding carboxylic acids is 1. The number of ether oxygens (including phenoxy) is 3. The van der Waals surface area contributed by atoms with Crippen molar-refractivity contribution in [1.82, 2.24) is 19.9 Å². The summed E-state index contributed by atoms with van der Waals surface area (Å²) in [7, 11) is 0. The van der Waals surface area contributed by atoms with Gasteiger partial charge in [-0.1, -0.05) is 29.5 Å². The zero-order valence-electron chi connectivity index (χ0n) is 15.7. The molecule has 0 saturated carbocycles. The fourth-order valence-corrected chi connectivity index (χ4v) is 3.40. The van der Waals surface area contributed by atoms with E-state index in [1.54, 1.807) is 0 Å². The van der Waals surface area contributed by atoms with Gasteiger partial charge in [-0.05, 0) is 29.8 Å². The monoisotopic (exact) mass is 392 g/mol. The highest BCUT2D eigenvalue weighted by atomic mass is 16.7. The topological polar surface area (TPSA) is 78.7 Å². The van der Waals surface area contributed by atoms with Gasteiger partial charge in [0.15, 0.2) is 11.5 Å². The molecule has 3 heterocycles. The van der Waals surface area contributed by atoms with Crippen LogP contribution in [0.4, 0.5) is 0 Å². The van der Waals surface area contributed by atoms with Crippen molar-refractivity contribution in [3.05, 3.63) is 66.0 Å². The van der Waals surface area contributed by atoms with E-state index in [2.05, 4.69) is 10.3 Å². The molecule has 0 N–H and O–H groups in total. The van der Waals surface area contributed by atoms with Crippen LogP contribution in [0.1, 0.15) is 17.3 Å². The largest absolute Gasteiger partial charge is 0.487 e. The molecular weight excluding hydrogens is 372 g/mol. The SMILES string of the molecule is O=C(Cc1ccc2c(c1)OCO2)N1CC(n2cc(COc3ccccc3)nn2)C1. The number of nitrogens with zero attached hydrogens (tertiary/aromatic N) is 4. The lowest BCUT2D eigenvalue weighted by molar-refractivity contribution is -0.136. The van der Waals surface area contributed by atoms with Crippen LogP contribution in [0.15, 0.2) is 54.7 Å². The van der Waals surface area contributed by atoms with Crippen LogP contribution >= 0.6 is 0 Å². The summed E-state index contributed by atoms with van der Waals surface area (Å²) in [6, 6.07) is 15.4. The third-order valence-corrected chi connectivity index (χ3v) is 5.07. The summed E-state index contributed by atoms with van der Waals surface area (Å²) < 4.78 is 18.2. The van der Waals surface area contributed by atoms with Crippen LogP contribution in [-0.2, 0) is 17.8 Å². The molecule has 0 aliphatic carbocycles. The van der Waals surface area contributed by atoms with Crippen LogP contribution < -0.4 is 14.2 Å². The Balaban J connectivity index is 1.12. The van der Waals surface area contributed by atoms with Gasteiger partial charge in [-0.2, -0.15) is 0 Å². The minimum atomic E-state index is 0.0906. The van der Waals surface area contributed by atoms with Crippen LogP contribution in [0, 0.1) is 0 Å². The van der Waals surface area contributed by atoms with E-state index in [0.717, 1.165) is 22.8 Å². The van der Waals surface area contributed by atoms with E-state index in [0.29, 0.717) is 31.9 Å². The second-order valence-electron chi connectivity index (χ2n) is 7.11. The molecule has 1 aromatic heterocycles. The first-order valence-corrected chi connectivity index (χ1v) is 9.49. The summed E-state index contributed by atoms with van der Waals surface area (Å²) in [6.45, 7) is 1.86. The van der Waals surface area contributed by atoms with Crippen LogP contribution in [0.2, 0.25) is 0 Å². The highest BCUT2D eigenvalue weighted by Gasteiger charge is 2.32.